The number of halogens is 1. The zero-order valence-corrected chi connectivity index (χ0v) is 14.6. The quantitative estimate of drug-likeness (QED) is 0.736. The first kappa shape index (κ1) is 15.9. The van der Waals surface area contributed by atoms with Crippen LogP contribution in [0.4, 0.5) is 5.69 Å². The van der Waals surface area contributed by atoms with Gasteiger partial charge in [-0.2, -0.15) is 0 Å². The third-order valence-electron chi connectivity index (χ3n) is 3.99. The van der Waals surface area contributed by atoms with Crippen molar-refractivity contribution in [1.29, 1.82) is 0 Å². The highest BCUT2D eigenvalue weighted by atomic mass is 35.5. The molecular weight excluding hydrogens is 356 g/mol. The van der Waals surface area contributed by atoms with Gasteiger partial charge < -0.3 is 5.11 Å². The van der Waals surface area contributed by atoms with Crippen LogP contribution in [-0.4, -0.2) is 15.9 Å². The summed E-state index contributed by atoms with van der Waals surface area (Å²) in [5.74, 6) is -0.0322. The van der Waals surface area contributed by atoms with Crippen molar-refractivity contribution in [2.24, 2.45) is 4.99 Å². The van der Waals surface area contributed by atoms with Crippen molar-refractivity contribution in [3.63, 3.8) is 0 Å². The highest BCUT2D eigenvalue weighted by molar-refractivity contribution is 7.10. The van der Waals surface area contributed by atoms with Gasteiger partial charge in [0.1, 0.15) is 0 Å². The minimum atomic E-state index is -0.206. The molecule has 4 nitrogen and oxygen atoms in total. The lowest BCUT2D eigenvalue weighted by Crippen LogP contribution is -2.13. The van der Waals surface area contributed by atoms with E-state index in [1.54, 1.807) is 24.4 Å². The third kappa shape index (κ3) is 3.04. The number of thiazole rings is 1. The van der Waals surface area contributed by atoms with Gasteiger partial charge in [-0.25, -0.2) is 0 Å². The molecule has 0 amide bonds. The fourth-order valence-electron chi connectivity index (χ4n) is 2.72. The first-order valence-corrected chi connectivity index (χ1v) is 8.83. The number of nitrogens with zero attached hydrogens (tertiary/aromatic N) is 2. The monoisotopic (exact) mass is 368 g/mol. The third-order valence-corrected chi connectivity index (χ3v) is 5.16. The number of benzene rings is 2. The van der Waals surface area contributed by atoms with E-state index in [1.807, 2.05) is 36.4 Å². The lowest BCUT2D eigenvalue weighted by molar-refractivity contribution is 0.420. The molecular formula is C19H13ClN2O2S. The maximum atomic E-state index is 12.3. The first-order valence-electron chi connectivity index (χ1n) is 7.64. The molecule has 6 heteroatoms. The minimum absolute atomic E-state index is 0.0322. The summed E-state index contributed by atoms with van der Waals surface area (Å²) in [6.07, 6.45) is 3.55. The smallest absolute Gasteiger partial charge is 0.310 e. The van der Waals surface area contributed by atoms with E-state index in [0.29, 0.717) is 16.4 Å². The van der Waals surface area contributed by atoms with E-state index in [-0.39, 0.29) is 10.8 Å². The molecule has 0 bridgehead atoms. The molecule has 25 heavy (non-hydrogen) atoms. The standard InChI is InChI=1S/C19H13ClN2O2S/c20-14-7-5-12(6-8-14)11-22-18(23)17(25-19(22)24)9-13-10-21-16-4-2-1-3-15(13)16/h1-10,23H,11H2. The topological polar surface area (TPSA) is 54.6 Å². The van der Waals surface area contributed by atoms with Crippen LogP contribution in [0.5, 0.6) is 5.88 Å². The fraction of sp³-hybridized carbons (Fsp3) is 0.0526. The summed E-state index contributed by atoms with van der Waals surface area (Å²) >= 11 is 6.90. The molecule has 1 aliphatic rings. The SMILES string of the molecule is O=c1sc(C=C2C=Nc3ccccc32)c(O)n1Cc1ccc(Cl)cc1. The average Bonchev–Trinajstić information content (AvgIpc) is 3.14. The Bertz CT molecular complexity index is 1060. The molecule has 1 aromatic heterocycles. The summed E-state index contributed by atoms with van der Waals surface area (Å²) in [5, 5.41) is 11.1. The molecule has 3 aromatic rings. The van der Waals surface area contributed by atoms with E-state index in [4.69, 9.17) is 11.6 Å². The van der Waals surface area contributed by atoms with Gasteiger partial charge in [0.2, 0.25) is 5.88 Å². The molecule has 1 aliphatic heterocycles. The molecule has 124 valence electrons. The largest absolute Gasteiger partial charge is 0.493 e. The molecule has 0 spiro atoms. The van der Waals surface area contributed by atoms with Crippen molar-refractivity contribution in [2.75, 3.05) is 0 Å². The Kier molecular flexibility index (Phi) is 4.03. The van der Waals surface area contributed by atoms with Crippen LogP contribution in [-0.2, 0) is 6.54 Å². The van der Waals surface area contributed by atoms with Crippen molar-refractivity contribution < 1.29 is 5.11 Å². The summed E-state index contributed by atoms with van der Waals surface area (Å²) in [7, 11) is 0. The van der Waals surface area contributed by atoms with Gasteiger partial charge in [-0.1, -0.05) is 53.3 Å². The normalized spacial score (nSPS) is 14.2. The molecule has 4 rings (SSSR count). The number of aromatic nitrogens is 1. The molecule has 1 N–H and O–H groups in total. The predicted molar refractivity (Wildman–Crippen MR) is 103 cm³/mol. The molecule has 0 aliphatic carbocycles. The highest BCUT2D eigenvalue weighted by Crippen LogP contribution is 2.34. The van der Waals surface area contributed by atoms with Gasteiger partial charge in [0.05, 0.1) is 17.1 Å². The number of hydrogen-bond donors (Lipinski definition) is 1. The van der Waals surface area contributed by atoms with E-state index in [2.05, 4.69) is 4.99 Å². The molecule has 0 saturated carbocycles. The minimum Gasteiger partial charge on any atom is -0.493 e. The second-order valence-electron chi connectivity index (χ2n) is 5.64. The molecule has 0 atom stereocenters. The van der Waals surface area contributed by atoms with Crippen LogP contribution in [0.1, 0.15) is 16.0 Å². The zero-order chi connectivity index (χ0) is 17.4. The highest BCUT2D eigenvalue weighted by Gasteiger charge is 2.16. The summed E-state index contributed by atoms with van der Waals surface area (Å²) in [4.78, 5) is 16.9. The van der Waals surface area contributed by atoms with Crippen LogP contribution >= 0.6 is 22.9 Å². The van der Waals surface area contributed by atoms with Gasteiger partial charge in [0.15, 0.2) is 0 Å². The number of para-hydroxylation sites is 1. The Hall–Kier alpha value is -2.63. The van der Waals surface area contributed by atoms with Crippen LogP contribution in [0.3, 0.4) is 0 Å². The molecule has 0 unspecified atom stereocenters. The van der Waals surface area contributed by atoms with Crippen molar-refractivity contribution in [3.8, 4) is 5.88 Å². The second kappa shape index (κ2) is 6.35. The van der Waals surface area contributed by atoms with Crippen LogP contribution in [0, 0.1) is 0 Å². The number of fused-ring (bicyclic) bond motifs is 1. The number of allylic oxidation sites excluding steroid dienone is 1. The van der Waals surface area contributed by atoms with Gasteiger partial charge >= 0.3 is 4.87 Å². The maximum Gasteiger partial charge on any atom is 0.310 e. The summed E-state index contributed by atoms with van der Waals surface area (Å²) in [6, 6.07) is 15.0. The lowest BCUT2D eigenvalue weighted by atomic mass is 10.1. The Morgan fingerprint density at radius 1 is 1.16 bits per heavy atom. The van der Waals surface area contributed by atoms with E-state index >= 15 is 0 Å². The molecule has 2 heterocycles. The zero-order valence-electron chi connectivity index (χ0n) is 13.0. The van der Waals surface area contributed by atoms with Gasteiger partial charge in [-0.05, 0) is 29.8 Å². The van der Waals surface area contributed by atoms with Crippen LogP contribution in [0.25, 0.3) is 11.6 Å². The van der Waals surface area contributed by atoms with Crippen molar-refractivity contribution in [2.45, 2.75) is 6.54 Å². The summed E-state index contributed by atoms with van der Waals surface area (Å²) < 4.78 is 1.36. The van der Waals surface area contributed by atoms with Gasteiger partial charge in [0, 0.05) is 22.4 Å². The molecule has 0 saturated heterocycles. The van der Waals surface area contributed by atoms with Gasteiger partial charge in [-0.15, -0.1) is 0 Å². The van der Waals surface area contributed by atoms with Crippen molar-refractivity contribution in [3.05, 3.63) is 79.2 Å². The molecule has 0 fully saturated rings. The Labute approximate surface area is 153 Å². The van der Waals surface area contributed by atoms with E-state index in [1.165, 1.54) is 4.57 Å². The first-order chi connectivity index (χ1) is 12.1. The van der Waals surface area contributed by atoms with E-state index in [9.17, 15) is 9.90 Å². The van der Waals surface area contributed by atoms with Crippen LogP contribution in [0.15, 0.2) is 58.3 Å². The van der Waals surface area contributed by atoms with Crippen LogP contribution < -0.4 is 4.87 Å². The summed E-state index contributed by atoms with van der Waals surface area (Å²) in [5.41, 5.74) is 3.66. The average molecular weight is 369 g/mol. The fourth-order valence-corrected chi connectivity index (χ4v) is 3.68. The van der Waals surface area contributed by atoms with Crippen molar-refractivity contribution in [1.82, 2.24) is 4.57 Å². The number of rotatable bonds is 3. The number of hydrogen-bond acceptors (Lipinski definition) is 4. The Balaban J connectivity index is 1.69. The molecule has 0 radical (unpaired) electrons. The van der Waals surface area contributed by atoms with E-state index < -0.39 is 0 Å². The van der Waals surface area contributed by atoms with Gasteiger partial charge in [-0.3, -0.25) is 14.4 Å². The maximum absolute atomic E-state index is 12.3. The van der Waals surface area contributed by atoms with Gasteiger partial charge in [0.25, 0.3) is 0 Å². The number of aromatic hydroxyl groups is 1. The number of aliphatic imine (C=N–C) groups is 1. The van der Waals surface area contributed by atoms with Crippen molar-refractivity contribution >= 4 is 46.5 Å². The predicted octanol–water partition coefficient (Wildman–Crippen LogP) is 4.57. The second-order valence-corrected chi connectivity index (χ2v) is 7.07. The molecule has 2 aromatic carbocycles. The van der Waals surface area contributed by atoms with Crippen LogP contribution in [0.2, 0.25) is 5.02 Å². The Morgan fingerprint density at radius 3 is 2.72 bits per heavy atom. The van der Waals surface area contributed by atoms with E-state index in [0.717, 1.165) is 33.7 Å². The Morgan fingerprint density at radius 2 is 1.92 bits per heavy atom. The summed E-state index contributed by atoms with van der Waals surface area (Å²) in [6.45, 7) is 0.298. The lowest BCUT2D eigenvalue weighted by Gasteiger charge is -2.04.